The van der Waals surface area contributed by atoms with Crippen molar-refractivity contribution in [3.05, 3.63) is 243 Å². The predicted octanol–water partition coefficient (Wildman–Crippen LogP) is 7.51. The molecule has 0 aliphatic rings. The van der Waals surface area contributed by atoms with Gasteiger partial charge in [0.1, 0.15) is 0 Å². The minimum absolute atomic E-state index is 0. The molecule has 0 aliphatic carbocycles. The molecule has 8 rings (SSSR count). The summed E-state index contributed by atoms with van der Waals surface area (Å²) < 4.78 is 0. The molecular formula is C52H48ClP4Rh-. The molecule has 0 heterocycles. The summed E-state index contributed by atoms with van der Waals surface area (Å²) in [6.45, 7) is 0. The number of benzene rings is 8. The largest absolute Gasteiger partial charge is 1.00 e. The summed E-state index contributed by atoms with van der Waals surface area (Å²) >= 11 is 0. The van der Waals surface area contributed by atoms with Gasteiger partial charge in [-0.1, -0.05) is 243 Å². The molecule has 0 nitrogen and oxygen atoms in total. The van der Waals surface area contributed by atoms with E-state index in [1.54, 1.807) is 0 Å². The van der Waals surface area contributed by atoms with Gasteiger partial charge in [0.2, 0.25) is 0 Å². The molecule has 1 radical (unpaired) electrons. The maximum absolute atomic E-state index is 2.30. The molecule has 0 unspecified atom stereocenters. The van der Waals surface area contributed by atoms with Gasteiger partial charge in [-0.2, -0.15) is 0 Å². The summed E-state index contributed by atoms with van der Waals surface area (Å²) in [4.78, 5) is 0. The van der Waals surface area contributed by atoms with Crippen LogP contribution in [0.5, 0.6) is 0 Å². The first kappa shape index (κ1) is 45.5. The minimum Gasteiger partial charge on any atom is -1.00 e. The predicted molar refractivity (Wildman–Crippen MR) is 256 cm³/mol. The molecule has 0 spiro atoms. The van der Waals surface area contributed by atoms with Gasteiger partial charge in [0.25, 0.3) is 0 Å². The van der Waals surface area contributed by atoms with Crippen molar-refractivity contribution in [2.24, 2.45) is 0 Å². The van der Waals surface area contributed by atoms with Gasteiger partial charge in [-0.25, -0.2) is 0 Å². The number of hydrogen-bond acceptors (Lipinski definition) is 0. The van der Waals surface area contributed by atoms with Crippen LogP contribution in [0.25, 0.3) is 0 Å². The molecule has 0 saturated heterocycles. The van der Waals surface area contributed by atoms with E-state index in [1.165, 1.54) is 67.1 Å². The third-order valence-electron chi connectivity index (χ3n) is 9.64. The van der Waals surface area contributed by atoms with Crippen molar-refractivity contribution in [2.75, 3.05) is 24.6 Å². The van der Waals surface area contributed by atoms with Crippen molar-refractivity contribution in [3.63, 3.8) is 0 Å². The first-order valence-electron chi connectivity index (χ1n) is 19.3. The Morgan fingerprint density at radius 2 is 0.293 bits per heavy atom. The van der Waals surface area contributed by atoms with E-state index in [-0.39, 0.29) is 63.6 Å². The second-order valence-corrected chi connectivity index (χ2v) is 22.6. The standard InChI is InChI=1S/2C26H24P2.ClH.Rh/c2*1-5-13-23(14-6-1)27(24-15-7-2-8-16-24)21-22-28(25-17-9-3-10-18-25)26-19-11-4-12-20-26;;/h2*1-20H,21-22H2;1H;/p-1. The first-order chi connectivity index (χ1) is 27.8. The van der Waals surface area contributed by atoms with Gasteiger partial charge < -0.3 is 12.4 Å². The molecule has 8 aromatic rings. The summed E-state index contributed by atoms with van der Waals surface area (Å²) in [6.07, 6.45) is 4.83. The van der Waals surface area contributed by atoms with E-state index in [9.17, 15) is 0 Å². The molecule has 0 saturated carbocycles. The average molecular weight is 935 g/mol. The summed E-state index contributed by atoms with van der Waals surface area (Å²) in [6, 6.07) is 88.4. The van der Waals surface area contributed by atoms with Crippen LogP contribution < -0.4 is 54.8 Å². The zero-order valence-corrected chi connectivity index (χ0v) is 38.4. The third-order valence-corrected chi connectivity index (χ3v) is 20.4. The topological polar surface area (TPSA) is 0 Å². The van der Waals surface area contributed by atoms with E-state index in [0.29, 0.717) is 0 Å². The molecule has 0 fully saturated rings. The van der Waals surface area contributed by atoms with Crippen LogP contribution in [0.2, 0.25) is 0 Å². The Morgan fingerprint density at radius 3 is 0.397 bits per heavy atom. The van der Waals surface area contributed by atoms with Gasteiger partial charge in [-0.3, -0.25) is 0 Å². The third kappa shape index (κ3) is 13.2. The minimum atomic E-state index is -0.348. The molecule has 58 heavy (non-hydrogen) atoms. The van der Waals surface area contributed by atoms with Gasteiger partial charge in [-0.05, 0) is 98.8 Å². The van der Waals surface area contributed by atoms with E-state index in [0.717, 1.165) is 0 Å². The fraction of sp³-hybridized carbons (Fsp3) is 0.0769. The second-order valence-electron chi connectivity index (χ2n) is 13.3. The fourth-order valence-corrected chi connectivity index (χ4v) is 17.6. The van der Waals surface area contributed by atoms with E-state index in [1.807, 2.05) is 0 Å². The van der Waals surface area contributed by atoms with Gasteiger partial charge in [0.15, 0.2) is 0 Å². The molecule has 0 aromatic heterocycles. The normalized spacial score (nSPS) is 10.7. The van der Waals surface area contributed by atoms with E-state index in [4.69, 9.17) is 0 Å². The van der Waals surface area contributed by atoms with Gasteiger partial charge >= 0.3 is 0 Å². The zero-order chi connectivity index (χ0) is 38.0. The van der Waals surface area contributed by atoms with Gasteiger partial charge in [0.05, 0.1) is 0 Å². The second kappa shape index (κ2) is 25.1. The maximum Gasteiger partial charge on any atom is 0 e. The Balaban J connectivity index is 0.000000214. The van der Waals surface area contributed by atoms with Crippen molar-refractivity contribution in [3.8, 4) is 0 Å². The fourth-order valence-electron chi connectivity index (χ4n) is 6.89. The number of rotatable bonds is 14. The molecular weight excluding hydrogens is 887 g/mol. The number of halogens is 1. The van der Waals surface area contributed by atoms with Crippen molar-refractivity contribution < 1.29 is 31.9 Å². The molecule has 0 aliphatic heterocycles. The van der Waals surface area contributed by atoms with Gasteiger partial charge in [0, 0.05) is 19.5 Å². The van der Waals surface area contributed by atoms with Crippen LogP contribution in [0.4, 0.5) is 0 Å². The van der Waals surface area contributed by atoms with Gasteiger partial charge in [-0.15, -0.1) is 0 Å². The summed E-state index contributed by atoms with van der Waals surface area (Å²) in [5.41, 5.74) is 0. The first-order valence-corrected chi connectivity index (χ1v) is 25.4. The van der Waals surface area contributed by atoms with Crippen LogP contribution in [0.15, 0.2) is 243 Å². The zero-order valence-electron chi connectivity index (χ0n) is 32.4. The monoisotopic (exact) mass is 934 g/mol. The molecule has 0 N–H and O–H groups in total. The van der Waals surface area contributed by atoms with E-state index in [2.05, 4.69) is 243 Å². The van der Waals surface area contributed by atoms with Crippen molar-refractivity contribution in [1.29, 1.82) is 0 Å². The Bertz CT molecular complexity index is 1760. The van der Waals surface area contributed by atoms with Crippen LogP contribution in [-0.4, -0.2) is 24.6 Å². The Morgan fingerprint density at radius 1 is 0.190 bits per heavy atom. The quantitative estimate of drug-likeness (QED) is 0.0784. The van der Waals surface area contributed by atoms with E-state index >= 15 is 0 Å². The smallest absolute Gasteiger partial charge is 0 e. The Labute approximate surface area is 370 Å². The summed E-state index contributed by atoms with van der Waals surface area (Å²) in [5.74, 6) is 0. The molecule has 0 atom stereocenters. The molecule has 0 amide bonds. The van der Waals surface area contributed by atoms with Crippen molar-refractivity contribution in [1.82, 2.24) is 0 Å². The van der Waals surface area contributed by atoms with Crippen molar-refractivity contribution >= 4 is 74.1 Å². The number of hydrogen-bond donors (Lipinski definition) is 0. The van der Waals surface area contributed by atoms with Crippen LogP contribution in [0.1, 0.15) is 0 Å². The van der Waals surface area contributed by atoms with Crippen LogP contribution in [0, 0.1) is 0 Å². The van der Waals surface area contributed by atoms with Crippen LogP contribution >= 0.6 is 31.7 Å². The van der Waals surface area contributed by atoms with Crippen LogP contribution in [-0.2, 0) is 19.5 Å². The molecule has 6 heteroatoms. The molecule has 8 aromatic carbocycles. The molecule has 293 valence electrons. The van der Waals surface area contributed by atoms with E-state index < -0.39 is 0 Å². The SMILES string of the molecule is [Cl-].[Rh].c1ccc(P(CCP(c2ccccc2)c2ccccc2)c2ccccc2)cc1.c1ccc(P(CCP(c2ccccc2)c2ccccc2)c2ccccc2)cc1. The molecule has 0 bridgehead atoms. The summed E-state index contributed by atoms with van der Waals surface area (Å²) in [5, 5.41) is 11.8. The Kier molecular flexibility index (Phi) is 19.7. The Hall–Kier alpha value is -3.61. The average Bonchev–Trinajstić information content (AvgIpc) is 3.29. The summed E-state index contributed by atoms with van der Waals surface area (Å²) in [7, 11) is -1.39. The van der Waals surface area contributed by atoms with Crippen molar-refractivity contribution in [2.45, 2.75) is 0 Å². The van der Waals surface area contributed by atoms with Crippen LogP contribution in [0.3, 0.4) is 0 Å². The maximum atomic E-state index is 2.30.